The third-order valence-electron chi connectivity index (χ3n) is 2.98. The Bertz CT molecular complexity index is 610. The number of thioether (sulfide) groups is 1. The zero-order chi connectivity index (χ0) is 15.2. The second-order valence-electron chi connectivity index (χ2n) is 4.49. The number of carbonyl (C=O) groups is 1. The molecule has 0 saturated heterocycles. The van der Waals surface area contributed by atoms with Crippen LogP contribution in [0.1, 0.15) is 23.8 Å². The number of nitrogens with two attached hydrogens (primary N) is 1. The molecule has 1 heterocycles. The highest BCUT2D eigenvalue weighted by Gasteiger charge is 2.20. The van der Waals surface area contributed by atoms with Crippen molar-refractivity contribution in [3.63, 3.8) is 0 Å². The highest BCUT2D eigenvalue weighted by atomic mass is 32.2. The van der Waals surface area contributed by atoms with E-state index in [0.29, 0.717) is 17.9 Å². The lowest BCUT2D eigenvalue weighted by molar-refractivity contribution is 0.0691. The number of anilines is 1. The molecule has 3 N–H and O–H groups in total. The maximum absolute atomic E-state index is 11.3. The molecule has 0 radical (unpaired) electrons. The van der Waals surface area contributed by atoms with Gasteiger partial charge in [-0.2, -0.15) is 11.8 Å². The molecule has 6 nitrogen and oxygen atoms in total. The van der Waals surface area contributed by atoms with E-state index in [9.17, 15) is 9.90 Å². The minimum absolute atomic E-state index is 0.0251. The average molecular weight is 306 g/mol. The zero-order valence-corrected chi connectivity index (χ0v) is 12.6. The van der Waals surface area contributed by atoms with Crippen LogP contribution in [0.3, 0.4) is 0 Å². The van der Waals surface area contributed by atoms with Crippen LogP contribution in [0.4, 0.5) is 5.69 Å². The summed E-state index contributed by atoms with van der Waals surface area (Å²) in [6.45, 7) is 2.76. The van der Waals surface area contributed by atoms with Crippen LogP contribution in [0.15, 0.2) is 24.3 Å². The van der Waals surface area contributed by atoms with Crippen LogP contribution in [0.25, 0.3) is 11.3 Å². The molecule has 0 amide bonds. The Hall–Kier alpha value is -2.02. The van der Waals surface area contributed by atoms with Crippen molar-refractivity contribution in [2.24, 2.45) is 0 Å². The lowest BCUT2D eigenvalue weighted by Gasteiger charge is -2.07. The van der Waals surface area contributed by atoms with E-state index in [4.69, 9.17) is 5.73 Å². The van der Waals surface area contributed by atoms with Crippen molar-refractivity contribution in [3.8, 4) is 11.3 Å². The highest BCUT2D eigenvalue weighted by Crippen LogP contribution is 2.24. The van der Waals surface area contributed by atoms with Gasteiger partial charge in [0.25, 0.3) is 0 Å². The molecule has 0 aliphatic carbocycles. The molecule has 1 aromatic heterocycles. The molecule has 2 rings (SSSR count). The largest absolute Gasteiger partial charge is 0.476 e. The van der Waals surface area contributed by atoms with Crippen LogP contribution >= 0.6 is 11.8 Å². The van der Waals surface area contributed by atoms with E-state index in [-0.39, 0.29) is 5.69 Å². The number of hydrogen-bond acceptors (Lipinski definition) is 5. The first-order valence-corrected chi connectivity index (χ1v) is 7.89. The molecule has 0 bridgehead atoms. The number of aromatic carboxylic acids is 1. The van der Waals surface area contributed by atoms with Gasteiger partial charge in [0.1, 0.15) is 5.69 Å². The summed E-state index contributed by atoms with van der Waals surface area (Å²) in [4.78, 5) is 11.3. The van der Waals surface area contributed by atoms with Crippen molar-refractivity contribution in [1.29, 1.82) is 0 Å². The van der Waals surface area contributed by atoms with Crippen molar-refractivity contribution in [2.45, 2.75) is 19.9 Å². The molecule has 0 aliphatic heterocycles. The monoisotopic (exact) mass is 306 g/mol. The molecule has 21 heavy (non-hydrogen) atoms. The molecule has 0 fully saturated rings. The molecule has 2 aromatic rings. The van der Waals surface area contributed by atoms with Gasteiger partial charge < -0.3 is 10.8 Å². The first-order chi connectivity index (χ1) is 10.1. The summed E-state index contributed by atoms with van der Waals surface area (Å²) in [5, 5.41) is 17.0. The maximum atomic E-state index is 11.3. The number of aromatic nitrogens is 3. The van der Waals surface area contributed by atoms with Gasteiger partial charge in [-0.25, -0.2) is 9.48 Å². The molecular weight excluding hydrogens is 288 g/mol. The van der Waals surface area contributed by atoms with Gasteiger partial charge in [0.2, 0.25) is 0 Å². The number of aryl methyl sites for hydroxylation is 1. The molecule has 0 aliphatic rings. The SMILES string of the molecule is CCSCCCn1nnc(C(=O)O)c1-c1ccc(N)cc1. The van der Waals surface area contributed by atoms with Gasteiger partial charge in [0.15, 0.2) is 5.69 Å². The van der Waals surface area contributed by atoms with Crippen molar-refractivity contribution in [3.05, 3.63) is 30.0 Å². The molecule has 7 heteroatoms. The number of nitrogen functional groups attached to an aromatic ring is 1. The predicted molar refractivity (Wildman–Crippen MR) is 84.4 cm³/mol. The summed E-state index contributed by atoms with van der Waals surface area (Å²) in [5.74, 6) is 1.01. The van der Waals surface area contributed by atoms with Crippen molar-refractivity contribution < 1.29 is 9.90 Å². The third-order valence-corrected chi connectivity index (χ3v) is 3.97. The fourth-order valence-electron chi connectivity index (χ4n) is 2.00. The quantitative estimate of drug-likeness (QED) is 0.602. The number of carboxylic acids is 1. The fraction of sp³-hybridized carbons (Fsp3) is 0.357. The number of hydrogen-bond donors (Lipinski definition) is 2. The van der Waals surface area contributed by atoms with Gasteiger partial charge in [-0.1, -0.05) is 24.3 Å². The highest BCUT2D eigenvalue weighted by molar-refractivity contribution is 7.99. The van der Waals surface area contributed by atoms with Crippen LogP contribution in [-0.4, -0.2) is 37.6 Å². The molecule has 1 aromatic carbocycles. The van der Waals surface area contributed by atoms with E-state index in [2.05, 4.69) is 17.2 Å². The minimum Gasteiger partial charge on any atom is -0.476 e. The average Bonchev–Trinajstić information content (AvgIpc) is 2.88. The lowest BCUT2D eigenvalue weighted by Crippen LogP contribution is -2.06. The predicted octanol–water partition coefficient (Wildman–Crippen LogP) is 2.37. The van der Waals surface area contributed by atoms with E-state index in [0.717, 1.165) is 23.5 Å². The van der Waals surface area contributed by atoms with E-state index in [1.165, 1.54) is 0 Å². The first kappa shape index (κ1) is 15.4. The lowest BCUT2D eigenvalue weighted by atomic mass is 10.1. The van der Waals surface area contributed by atoms with Crippen molar-refractivity contribution >= 4 is 23.4 Å². The number of rotatable bonds is 7. The van der Waals surface area contributed by atoms with Crippen LogP contribution in [0.2, 0.25) is 0 Å². The van der Waals surface area contributed by atoms with Gasteiger partial charge in [0, 0.05) is 17.8 Å². The Balaban J connectivity index is 2.29. The Kier molecular flexibility index (Phi) is 5.21. The van der Waals surface area contributed by atoms with Crippen molar-refractivity contribution in [1.82, 2.24) is 15.0 Å². The van der Waals surface area contributed by atoms with Gasteiger partial charge in [0.05, 0.1) is 0 Å². The number of nitrogens with zero attached hydrogens (tertiary/aromatic N) is 3. The minimum atomic E-state index is -1.07. The zero-order valence-electron chi connectivity index (χ0n) is 11.8. The molecule has 0 atom stereocenters. The normalized spacial score (nSPS) is 10.7. The second-order valence-corrected chi connectivity index (χ2v) is 5.88. The molecule has 0 spiro atoms. The van der Waals surface area contributed by atoms with E-state index in [1.54, 1.807) is 28.9 Å². The van der Waals surface area contributed by atoms with E-state index >= 15 is 0 Å². The van der Waals surface area contributed by atoms with E-state index in [1.807, 2.05) is 11.8 Å². The third kappa shape index (κ3) is 3.75. The first-order valence-electron chi connectivity index (χ1n) is 6.74. The van der Waals surface area contributed by atoms with Gasteiger partial charge in [-0.3, -0.25) is 0 Å². The van der Waals surface area contributed by atoms with Gasteiger partial charge in [-0.15, -0.1) is 5.10 Å². The standard InChI is InChI=1S/C14H18N4O2S/c1-2-21-9-3-8-18-13(12(14(19)20)16-17-18)10-4-6-11(15)7-5-10/h4-7H,2-3,8-9,15H2,1H3,(H,19,20). The van der Waals surface area contributed by atoms with Crippen molar-refractivity contribution in [2.75, 3.05) is 17.2 Å². The maximum Gasteiger partial charge on any atom is 0.358 e. The van der Waals surface area contributed by atoms with E-state index < -0.39 is 5.97 Å². The van der Waals surface area contributed by atoms with Crippen LogP contribution < -0.4 is 5.73 Å². The smallest absolute Gasteiger partial charge is 0.358 e. The van der Waals surface area contributed by atoms with Crippen LogP contribution in [0.5, 0.6) is 0 Å². The molecular formula is C14H18N4O2S. The summed E-state index contributed by atoms with van der Waals surface area (Å²) < 4.78 is 1.66. The van der Waals surface area contributed by atoms with Gasteiger partial charge in [-0.05, 0) is 30.1 Å². The fourth-order valence-corrected chi connectivity index (χ4v) is 2.62. The van der Waals surface area contributed by atoms with Crippen LogP contribution in [-0.2, 0) is 6.54 Å². The number of benzene rings is 1. The molecule has 112 valence electrons. The Morgan fingerprint density at radius 2 is 2.10 bits per heavy atom. The Labute approximate surface area is 127 Å². The summed E-state index contributed by atoms with van der Waals surface area (Å²) in [6, 6.07) is 7.06. The Morgan fingerprint density at radius 3 is 2.71 bits per heavy atom. The van der Waals surface area contributed by atoms with Crippen LogP contribution in [0, 0.1) is 0 Å². The summed E-state index contributed by atoms with van der Waals surface area (Å²) >= 11 is 1.85. The number of carboxylic acid groups (broad SMARTS) is 1. The molecule has 0 saturated carbocycles. The molecule has 0 unspecified atom stereocenters. The van der Waals surface area contributed by atoms with Gasteiger partial charge >= 0.3 is 5.97 Å². The Morgan fingerprint density at radius 1 is 1.38 bits per heavy atom. The second kappa shape index (κ2) is 7.12. The summed E-state index contributed by atoms with van der Waals surface area (Å²) in [5.41, 5.74) is 7.57. The summed E-state index contributed by atoms with van der Waals surface area (Å²) in [6.07, 6.45) is 0.920. The topological polar surface area (TPSA) is 94.0 Å². The summed E-state index contributed by atoms with van der Waals surface area (Å²) in [7, 11) is 0.